The van der Waals surface area contributed by atoms with Crippen molar-refractivity contribution in [3.8, 4) is 17.0 Å². The normalized spacial score (nSPS) is 11.6. The zero-order valence-corrected chi connectivity index (χ0v) is 17.9. The van der Waals surface area contributed by atoms with Gasteiger partial charge in [0.2, 0.25) is 0 Å². The number of ether oxygens (including phenoxy) is 1. The molecule has 1 N–H and O–H groups in total. The molecular formula is C22H14F5N5O4. The number of nitro groups is 1. The molecule has 14 heteroatoms. The van der Waals surface area contributed by atoms with Crippen molar-refractivity contribution >= 4 is 22.9 Å². The number of carbonyl (C=O) groups excluding carboxylic acids is 1. The molecule has 2 aromatic carbocycles. The maximum Gasteiger partial charge on any atom is 0.422 e. The van der Waals surface area contributed by atoms with Crippen LogP contribution in [0.15, 0.2) is 60.8 Å². The summed E-state index contributed by atoms with van der Waals surface area (Å²) < 4.78 is 70.3. The second-order valence-corrected chi connectivity index (χ2v) is 7.36. The zero-order chi connectivity index (χ0) is 26.0. The van der Waals surface area contributed by atoms with Crippen molar-refractivity contribution in [1.29, 1.82) is 0 Å². The van der Waals surface area contributed by atoms with E-state index in [-0.39, 0.29) is 22.6 Å². The van der Waals surface area contributed by atoms with E-state index in [9.17, 15) is 36.9 Å². The van der Waals surface area contributed by atoms with Gasteiger partial charge in [0.05, 0.1) is 28.6 Å². The number of anilines is 1. The molecule has 186 valence electrons. The Bertz CT molecular complexity index is 1440. The topological polar surface area (TPSA) is 112 Å². The molecule has 0 aliphatic rings. The molecule has 4 aromatic rings. The quantitative estimate of drug-likeness (QED) is 0.203. The molecule has 0 radical (unpaired) electrons. The van der Waals surface area contributed by atoms with Gasteiger partial charge in [0.1, 0.15) is 17.0 Å². The number of rotatable bonds is 7. The average molecular weight is 507 g/mol. The number of alkyl halides is 5. The molecule has 0 aliphatic heterocycles. The number of nitrogens with one attached hydrogen (secondary N) is 1. The first kappa shape index (κ1) is 24.5. The van der Waals surface area contributed by atoms with Gasteiger partial charge in [0.15, 0.2) is 12.3 Å². The van der Waals surface area contributed by atoms with Crippen LogP contribution in [0, 0.1) is 10.1 Å². The number of aromatic nitrogens is 3. The lowest BCUT2D eigenvalue weighted by atomic mass is 10.1. The van der Waals surface area contributed by atoms with E-state index in [4.69, 9.17) is 0 Å². The van der Waals surface area contributed by atoms with Crippen LogP contribution in [0.4, 0.5) is 33.3 Å². The lowest BCUT2D eigenvalue weighted by Gasteiger charge is -2.11. The van der Waals surface area contributed by atoms with Crippen molar-refractivity contribution in [2.75, 3.05) is 11.9 Å². The van der Waals surface area contributed by atoms with Crippen LogP contribution in [-0.2, 0) is 0 Å². The molecule has 0 saturated carbocycles. The SMILES string of the molecule is O=C(Nc1cc(OCC(F)(F)F)cc([N+](=O)[O-])c1)c1cnn2c(C(F)F)cc(-c3ccccc3)nc12. The van der Waals surface area contributed by atoms with Crippen LogP contribution in [0.5, 0.6) is 5.75 Å². The number of fused-ring (bicyclic) bond motifs is 1. The Balaban J connectivity index is 1.72. The van der Waals surface area contributed by atoms with Crippen LogP contribution in [-0.4, -0.2) is 38.2 Å². The maximum absolute atomic E-state index is 13.7. The molecule has 0 saturated heterocycles. The van der Waals surface area contributed by atoms with Gasteiger partial charge in [-0.05, 0) is 6.07 Å². The number of halogens is 5. The Morgan fingerprint density at radius 3 is 2.50 bits per heavy atom. The number of hydrogen-bond acceptors (Lipinski definition) is 6. The smallest absolute Gasteiger partial charge is 0.422 e. The molecule has 4 rings (SSSR count). The summed E-state index contributed by atoms with van der Waals surface area (Å²) in [6.45, 7) is -1.71. The minimum Gasteiger partial charge on any atom is -0.484 e. The Kier molecular flexibility index (Phi) is 6.51. The number of nitro benzene ring substituents is 1. The second-order valence-electron chi connectivity index (χ2n) is 7.36. The lowest BCUT2D eigenvalue weighted by molar-refractivity contribution is -0.384. The molecule has 9 nitrogen and oxygen atoms in total. The largest absolute Gasteiger partial charge is 0.484 e. The van der Waals surface area contributed by atoms with Crippen molar-refractivity contribution in [3.63, 3.8) is 0 Å². The first-order valence-corrected chi connectivity index (χ1v) is 10.0. The molecular weight excluding hydrogens is 493 g/mol. The van der Waals surface area contributed by atoms with Crippen LogP contribution in [0.3, 0.4) is 0 Å². The van der Waals surface area contributed by atoms with E-state index in [1.807, 2.05) is 0 Å². The van der Waals surface area contributed by atoms with E-state index in [2.05, 4.69) is 20.1 Å². The summed E-state index contributed by atoms with van der Waals surface area (Å²) >= 11 is 0. The molecule has 0 unspecified atom stereocenters. The van der Waals surface area contributed by atoms with E-state index < -0.39 is 47.2 Å². The number of nitrogens with zero attached hydrogens (tertiary/aromatic N) is 4. The van der Waals surface area contributed by atoms with Crippen molar-refractivity contribution < 1.29 is 36.4 Å². The predicted octanol–water partition coefficient (Wildman–Crippen LogP) is 5.44. The fraction of sp³-hybridized carbons (Fsp3) is 0.136. The minimum absolute atomic E-state index is 0.145. The summed E-state index contributed by atoms with van der Waals surface area (Å²) in [6, 6.07) is 12.1. The molecule has 36 heavy (non-hydrogen) atoms. The molecule has 2 aromatic heterocycles. The van der Waals surface area contributed by atoms with E-state index in [0.29, 0.717) is 5.56 Å². The van der Waals surface area contributed by atoms with Gasteiger partial charge in [-0.3, -0.25) is 14.9 Å². The molecule has 0 atom stereocenters. The third-order valence-electron chi connectivity index (χ3n) is 4.80. The number of hydrogen-bond donors (Lipinski definition) is 1. The van der Waals surface area contributed by atoms with Crippen molar-refractivity contribution in [1.82, 2.24) is 14.6 Å². The Morgan fingerprint density at radius 1 is 1.14 bits per heavy atom. The van der Waals surface area contributed by atoms with Crippen LogP contribution < -0.4 is 10.1 Å². The first-order valence-electron chi connectivity index (χ1n) is 10.0. The third kappa shape index (κ3) is 5.37. The van der Waals surface area contributed by atoms with Gasteiger partial charge in [0.25, 0.3) is 18.0 Å². The van der Waals surface area contributed by atoms with E-state index in [1.165, 1.54) is 0 Å². The molecule has 1 amide bonds. The van der Waals surface area contributed by atoms with E-state index >= 15 is 0 Å². The molecule has 2 heterocycles. The highest BCUT2D eigenvalue weighted by atomic mass is 19.4. The van der Waals surface area contributed by atoms with Crippen LogP contribution in [0.25, 0.3) is 16.9 Å². The van der Waals surface area contributed by atoms with E-state index in [1.54, 1.807) is 30.3 Å². The Labute approximate surface area is 198 Å². The van der Waals surface area contributed by atoms with Crippen LogP contribution in [0.1, 0.15) is 22.5 Å². The van der Waals surface area contributed by atoms with Gasteiger partial charge >= 0.3 is 6.18 Å². The number of carbonyl (C=O) groups is 1. The fourth-order valence-corrected chi connectivity index (χ4v) is 3.27. The van der Waals surface area contributed by atoms with Gasteiger partial charge in [-0.2, -0.15) is 18.3 Å². The summed E-state index contributed by atoms with van der Waals surface area (Å²) in [5.41, 5.74) is -1.27. The minimum atomic E-state index is -4.70. The molecule has 0 bridgehead atoms. The first-order chi connectivity index (χ1) is 17.0. The number of benzene rings is 2. The Morgan fingerprint density at radius 2 is 1.86 bits per heavy atom. The molecule has 0 spiro atoms. The highest BCUT2D eigenvalue weighted by Crippen LogP contribution is 2.30. The second kappa shape index (κ2) is 9.56. The summed E-state index contributed by atoms with van der Waals surface area (Å²) in [5, 5.41) is 17.3. The maximum atomic E-state index is 13.7. The van der Waals surface area contributed by atoms with Gasteiger partial charge in [-0.25, -0.2) is 18.3 Å². The van der Waals surface area contributed by atoms with E-state index in [0.717, 1.165) is 35.0 Å². The molecule has 0 aliphatic carbocycles. The summed E-state index contributed by atoms with van der Waals surface area (Å²) in [4.78, 5) is 27.5. The standard InChI is InChI=1S/C22H14F5N5O4/c23-19(24)18-9-17(12-4-2-1-3-5-12)30-20-16(10-28-31(18)20)21(33)29-13-6-14(32(34)35)8-15(7-13)36-11-22(25,26)27/h1-10,19H,11H2,(H,29,33). The van der Waals surface area contributed by atoms with Gasteiger partial charge < -0.3 is 10.1 Å². The van der Waals surface area contributed by atoms with Crippen molar-refractivity contribution in [2.45, 2.75) is 12.6 Å². The average Bonchev–Trinajstić information content (AvgIpc) is 3.26. The summed E-state index contributed by atoms with van der Waals surface area (Å²) in [7, 11) is 0. The Hall–Kier alpha value is -4.62. The highest BCUT2D eigenvalue weighted by molar-refractivity contribution is 6.08. The zero-order valence-electron chi connectivity index (χ0n) is 17.9. The van der Waals surface area contributed by atoms with Crippen LogP contribution >= 0.6 is 0 Å². The summed E-state index contributed by atoms with van der Waals surface area (Å²) in [5.74, 6) is -1.45. The van der Waals surface area contributed by atoms with Gasteiger partial charge in [-0.1, -0.05) is 30.3 Å². The lowest BCUT2D eigenvalue weighted by Crippen LogP contribution is -2.19. The number of amides is 1. The predicted molar refractivity (Wildman–Crippen MR) is 116 cm³/mol. The molecule has 0 fully saturated rings. The van der Waals surface area contributed by atoms with Gasteiger partial charge in [-0.15, -0.1) is 0 Å². The summed E-state index contributed by atoms with van der Waals surface area (Å²) in [6.07, 6.45) is -6.68. The van der Waals surface area contributed by atoms with Crippen molar-refractivity contribution in [3.05, 3.63) is 82.2 Å². The van der Waals surface area contributed by atoms with Crippen LogP contribution in [0.2, 0.25) is 0 Å². The highest BCUT2D eigenvalue weighted by Gasteiger charge is 2.29. The fourth-order valence-electron chi connectivity index (χ4n) is 3.27. The third-order valence-corrected chi connectivity index (χ3v) is 4.80. The number of non-ortho nitro benzene ring substituents is 1. The monoisotopic (exact) mass is 507 g/mol. The van der Waals surface area contributed by atoms with Gasteiger partial charge in [0, 0.05) is 17.7 Å². The van der Waals surface area contributed by atoms with Crippen molar-refractivity contribution in [2.24, 2.45) is 0 Å².